The van der Waals surface area contributed by atoms with Gasteiger partial charge in [-0.05, 0) is 43.3 Å². The van der Waals surface area contributed by atoms with Gasteiger partial charge in [-0.2, -0.15) is 0 Å². The normalized spacial score (nSPS) is 11.8. The van der Waals surface area contributed by atoms with Crippen LogP contribution in [0.3, 0.4) is 0 Å². The molecule has 4 nitrogen and oxygen atoms in total. The molecule has 0 saturated heterocycles. The van der Waals surface area contributed by atoms with E-state index in [0.29, 0.717) is 22.5 Å². The van der Waals surface area contributed by atoms with Gasteiger partial charge in [0.1, 0.15) is 5.58 Å². The molecule has 0 radical (unpaired) electrons. The lowest BCUT2D eigenvalue weighted by Crippen LogP contribution is -2.11. The number of para-hydroxylation sites is 1. The third-order valence-corrected chi connectivity index (χ3v) is 3.22. The van der Waals surface area contributed by atoms with Crippen LogP contribution in [0.25, 0.3) is 11.0 Å². The van der Waals surface area contributed by atoms with Gasteiger partial charge in [0.2, 0.25) is 0 Å². The minimum Gasteiger partial charge on any atom is -0.422 e. The zero-order chi connectivity index (χ0) is 14.8. The minimum atomic E-state index is -0.384. The first kappa shape index (κ1) is 13.1. The molecular weight excluding hydrogens is 264 g/mol. The summed E-state index contributed by atoms with van der Waals surface area (Å²) in [5.74, 6) is 0. The largest absolute Gasteiger partial charge is 0.422 e. The van der Waals surface area contributed by atoms with Crippen molar-refractivity contribution >= 4 is 28.1 Å². The summed E-state index contributed by atoms with van der Waals surface area (Å²) in [6, 6.07) is 16.4. The van der Waals surface area contributed by atoms with Gasteiger partial charge in [-0.3, -0.25) is 4.99 Å². The summed E-state index contributed by atoms with van der Waals surface area (Å²) in [4.78, 5) is 16.5. The number of nitrogens with zero attached hydrogens (tertiary/aromatic N) is 1. The summed E-state index contributed by atoms with van der Waals surface area (Å²) in [5, 5.41) is 0.874. The Kier molecular flexibility index (Phi) is 3.28. The van der Waals surface area contributed by atoms with E-state index in [1.165, 1.54) is 0 Å². The van der Waals surface area contributed by atoms with E-state index in [-0.39, 0.29) is 5.63 Å². The Morgan fingerprint density at radius 3 is 2.57 bits per heavy atom. The van der Waals surface area contributed by atoms with Crippen LogP contribution in [0.2, 0.25) is 0 Å². The molecule has 0 aliphatic carbocycles. The first-order valence-electron chi connectivity index (χ1n) is 6.57. The zero-order valence-corrected chi connectivity index (χ0v) is 11.5. The molecule has 2 aromatic carbocycles. The fourth-order valence-electron chi connectivity index (χ4n) is 2.12. The average molecular weight is 278 g/mol. The molecule has 3 rings (SSSR count). The summed E-state index contributed by atoms with van der Waals surface area (Å²) in [6.45, 7) is 1.79. The summed E-state index contributed by atoms with van der Waals surface area (Å²) >= 11 is 0. The first-order chi connectivity index (χ1) is 10.1. The molecular formula is C17H14N2O2. The quantitative estimate of drug-likeness (QED) is 0.443. The Morgan fingerprint density at radius 2 is 1.81 bits per heavy atom. The van der Waals surface area contributed by atoms with Crippen LogP contribution in [0.4, 0.5) is 11.4 Å². The van der Waals surface area contributed by atoms with Gasteiger partial charge in [-0.15, -0.1) is 0 Å². The number of aliphatic imine (C=N–C) groups is 1. The van der Waals surface area contributed by atoms with Gasteiger partial charge in [0, 0.05) is 11.1 Å². The van der Waals surface area contributed by atoms with Crippen LogP contribution < -0.4 is 11.4 Å². The molecule has 0 aliphatic rings. The van der Waals surface area contributed by atoms with Crippen LogP contribution in [0.1, 0.15) is 12.5 Å². The van der Waals surface area contributed by atoms with Crippen molar-refractivity contribution in [2.45, 2.75) is 6.92 Å². The maximum absolute atomic E-state index is 12.1. The maximum atomic E-state index is 12.1. The fraction of sp³-hybridized carbons (Fsp3) is 0.0588. The topological polar surface area (TPSA) is 68.6 Å². The van der Waals surface area contributed by atoms with Gasteiger partial charge >= 0.3 is 5.63 Å². The smallest absolute Gasteiger partial charge is 0.345 e. The molecule has 1 aromatic heterocycles. The van der Waals surface area contributed by atoms with E-state index in [9.17, 15) is 4.79 Å². The molecule has 0 fully saturated rings. The number of hydrogen-bond donors (Lipinski definition) is 1. The monoisotopic (exact) mass is 278 g/mol. The third-order valence-electron chi connectivity index (χ3n) is 3.22. The lowest BCUT2D eigenvalue weighted by Gasteiger charge is -2.02. The Morgan fingerprint density at radius 1 is 1.10 bits per heavy atom. The van der Waals surface area contributed by atoms with E-state index >= 15 is 0 Å². The summed E-state index contributed by atoms with van der Waals surface area (Å²) < 4.78 is 5.31. The summed E-state index contributed by atoms with van der Waals surface area (Å²) in [6.07, 6.45) is 0. The number of rotatable bonds is 2. The molecule has 0 amide bonds. The van der Waals surface area contributed by atoms with Gasteiger partial charge in [0.25, 0.3) is 0 Å². The van der Waals surface area contributed by atoms with E-state index in [1.54, 1.807) is 31.2 Å². The van der Waals surface area contributed by atoms with Crippen molar-refractivity contribution in [3.63, 3.8) is 0 Å². The van der Waals surface area contributed by atoms with Crippen LogP contribution in [-0.4, -0.2) is 5.71 Å². The molecule has 0 unspecified atom stereocenters. The van der Waals surface area contributed by atoms with Crippen LogP contribution in [-0.2, 0) is 0 Å². The standard InChI is InChI=1S/C17H14N2O2/c1-11(19-14-8-6-13(18)7-9-14)15-10-12-4-2-3-5-16(12)21-17(15)20/h2-10H,18H2,1H3. The maximum Gasteiger partial charge on any atom is 0.345 e. The Hall–Kier alpha value is -2.88. The Bertz CT molecular complexity index is 877. The SMILES string of the molecule is CC(=Nc1ccc(N)cc1)c1cc2ccccc2oc1=O. The summed E-state index contributed by atoms with van der Waals surface area (Å²) in [5.41, 5.74) is 8.33. The van der Waals surface area contributed by atoms with E-state index < -0.39 is 0 Å². The van der Waals surface area contributed by atoms with Gasteiger partial charge < -0.3 is 10.2 Å². The highest BCUT2D eigenvalue weighted by Crippen LogP contribution is 2.17. The molecule has 1 heterocycles. The molecule has 4 heteroatoms. The van der Waals surface area contributed by atoms with Gasteiger partial charge in [-0.25, -0.2) is 4.79 Å². The zero-order valence-electron chi connectivity index (χ0n) is 11.5. The molecule has 0 saturated carbocycles. The number of nitrogen functional groups attached to an aromatic ring is 1. The second kappa shape index (κ2) is 5.25. The van der Waals surface area contributed by atoms with Crippen molar-refractivity contribution in [1.29, 1.82) is 0 Å². The number of benzene rings is 2. The molecule has 0 atom stereocenters. The first-order valence-corrected chi connectivity index (χ1v) is 6.57. The van der Waals surface area contributed by atoms with Crippen molar-refractivity contribution in [2.24, 2.45) is 4.99 Å². The Balaban J connectivity index is 2.08. The lowest BCUT2D eigenvalue weighted by atomic mass is 10.1. The van der Waals surface area contributed by atoms with E-state index in [4.69, 9.17) is 10.2 Å². The van der Waals surface area contributed by atoms with Crippen LogP contribution in [0.5, 0.6) is 0 Å². The molecule has 0 aliphatic heterocycles. The Labute approximate surface area is 121 Å². The number of fused-ring (bicyclic) bond motifs is 1. The van der Waals surface area contributed by atoms with Crippen molar-refractivity contribution in [2.75, 3.05) is 5.73 Å². The molecule has 21 heavy (non-hydrogen) atoms. The van der Waals surface area contributed by atoms with Gasteiger partial charge in [0.15, 0.2) is 0 Å². The van der Waals surface area contributed by atoms with Crippen molar-refractivity contribution in [3.8, 4) is 0 Å². The van der Waals surface area contributed by atoms with Crippen molar-refractivity contribution in [3.05, 3.63) is 70.6 Å². The fourth-order valence-corrected chi connectivity index (χ4v) is 2.12. The number of hydrogen-bond acceptors (Lipinski definition) is 4. The highest BCUT2D eigenvalue weighted by molar-refractivity contribution is 6.01. The number of nitrogens with two attached hydrogens (primary N) is 1. The van der Waals surface area contributed by atoms with E-state index in [1.807, 2.05) is 30.3 Å². The van der Waals surface area contributed by atoms with Crippen LogP contribution in [0, 0.1) is 0 Å². The molecule has 3 aromatic rings. The predicted octanol–water partition coefficient (Wildman–Crippen LogP) is 3.52. The number of anilines is 1. The van der Waals surface area contributed by atoms with Gasteiger partial charge in [-0.1, -0.05) is 18.2 Å². The summed E-state index contributed by atoms with van der Waals surface area (Å²) in [7, 11) is 0. The molecule has 104 valence electrons. The van der Waals surface area contributed by atoms with Crippen molar-refractivity contribution in [1.82, 2.24) is 0 Å². The van der Waals surface area contributed by atoms with Gasteiger partial charge in [0.05, 0.1) is 17.0 Å². The van der Waals surface area contributed by atoms with E-state index in [2.05, 4.69) is 4.99 Å². The molecule has 0 bridgehead atoms. The average Bonchev–Trinajstić information content (AvgIpc) is 2.49. The van der Waals surface area contributed by atoms with Crippen LogP contribution in [0.15, 0.2) is 68.8 Å². The third kappa shape index (κ3) is 2.69. The minimum absolute atomic E-state index is 0.384. The van der Waals surface area contributed by atoms with Crippen molar-refractivity contribution < 1.29 is 4.42 Å². The predicted molar refractivity (Wildman–Crippen MR) is 85.2 cm³/mol. The highest BCUT2D eigenvalue weighted by atomic mass is 16.4. The lowest BCUT2D eigenvalue weighted by molar-refractivity contribution is 0.559. The molecule has 2 N–H and O–H groups in total. The second-order valence-corrected chi connectivity index (χ2v) is 4.77. The van der Waals surface area contributed by atoms with E-state index in [0.717, 1.165) is 11.1 Å². The van der Waals surface area contributed by atoms with Crippen LogP contribution >= 0.6 is 0 Å². The second-order valence-electron chi connectivity index (χ2n) is 4.77. The highest BCUT2D eigenvalue weighted by Gasteiger charge is 2.08. The molecule has 0 spiro atoms.